The lowest BCUT2D eigenvalue weighted by molar-refractivity contribution is -0.0568. The molecule has 1 saturated carbocycles. The Balaban J connectivity index is 1.53. The van der Waals surface area contributed by atoms with Crippen LogP contribution in [-0.4, -0.2) is 41.8 Å². The lowest BCUT2D eigenvalue weighted by atomic mass is 9.63. The van der Waals surface area contributed by atoms with E-state index in [0.29, 0.717) is 50.3 Å². The maximum absolute atomic E-state index is 15.6. The number of carbonyl (C=O) groups excluding carboxylic acids is 1. The molecule has 1 aliphatic carbocycles. The molecular formula is C25H23ClFN7O. The Hall–Kier alpha value is -3.59. The van der Waals surface area contributed by atoms with E-state index in [1.165, 1.54) is 10.9 Å². The van der Waals surface area contributed by atoms with Gasteiger partial charge in [-0.3, -0.25) is 4.79 Å². The number of aryl methyl sites for hydroxylation is 1. The van der Waals surface area contributed by atoms with E-state index in [0.717, 1.165) is 12.8 Å². The average Bonchev–Trinajstić information content (AvgIpc) is 3.34. The lowest BCUT2D eigenvalue weighted by Crippen LogP contribution is -2.59. The van der Waals surface area contributed by atoms with E-state index in [1.807, 2.05) is 4.90 Å². The summed E-state index contributed by atoms with van der Waals surface area (Å²) in [5.41, 5.74) is 8.71. The number of nitrogen functional groups attached to an aromatic ring is 1. The SMILES string of the molecule is Cc1nc2c([C@H]3[C@H](C)C4CC(C4)N3C(=O)c3cc(Cl)ccc3-n3nccn3)c(F)ccc2nc1N. The smallest absolute Gasteiger partial charge is 0.256 e. The number of halogens is 2. The number of hydrogen-bond donors (Lipinski definition) is 1. The van der Waals surface area contributed by atoms with Gasteiger partial charge in [0.2, 0.25) is 0 Å². The molecule has 2 N–H and O–H groups in total. The zero-order chi connectivity index (χ0) is 24.4. The minimum Gasteiger partial charge on any atom is -0.382 e. The third-order valence-electron chi connectivity index (χ3n) is 7.47. The molecule has 3 aliphatic rings. The van der Waals surface area contributed by atoms with Crippen LogP contribution in [-0.2, 0) is 0 Å². The normalized spacial score (nSPS) is 23.4. The summed E-state index contributed by atoms with van der Waals surface area (Å²) in [5, 5.41) is 8.82. The van der Waals surface area contributed by atoms with Crippen molar-refractivity contribution in [3.05, 3.63) is 70.4 Å². The second-order valence-electron chi connectivity index (χ2n) is 9.40. The Kier molecular flexibility index (Phi) is 5.00. The number of nitrogens with zero attached hydrogens (tertiary/aromatic N) is 6. The van der Waals surface area contributed by atoms with Gasteiger partial charge >= 0.3 is 0 Å². The number of carbonyl (C=O) groups is 1. The van der Waals surface area contributed by atoms with Gasteiger partial charge in [-0.2, -0.15) is 15.0 Å². The quantitative estimate of drug-likeness (QED) is 0.452. The highest BCUT2D eigenvalue weighted by atomic mass is 35.5. The maximum atomic E-state index is 15.6. The minimum absolute atomic E-state index is 0.0105. The Labute approximate surface area is 205 Å². The van der Waals surface area contributed by atoms with Gasteiger partial charge < -0.3 is 10.6 Å². The van der Waals surface area contributed by atoms with E-state index in [-0.39, 0.29) is 17.9 Å². The van der Waals surface area contributed by atoms with Crippen LogP contribution in [0.3, 0.4) is 0 Å². The monoisotopic (exact) mass is 491 g/mol. The van der Waals surface area contributed by atoms with Crippen LogP contribution in [0.15, 0.2) is 42.7 Å². The molecule has 178 valence electrons. The number of fused-ring (bicyclic) bond motifs is 3. The molecule has 2 saturated heterocycles. The molecule has 0 spiro atoms. The third kappa shape index (κ3) is 3.36. The number of hydrogen-bond acceptors (Lipinski definition) is 6. The number of benzene rings is 2. The van der Waals surface area contributed by atoms with Crippen molar-refractivity contribution < 1.29 is 9.18 Å². The number of rotatable bonds is 3. The molecule has 4 aromatic rings. The fourth-order valence-corrected chi connectivity index (χ4v) is 5.72. The fraction of sp³-hybridized carbons (Fsp3) is 0.320. The summed E-state index contributed by atoms with van der Waals surface area (Å²) in [6.07, 6.45) is 4.85. The van der Waals surface area contributed by atoms with Crippen molar-refractivity contribution in [1.29, 1.82) is 0 Å². The summed E-state index contributed by atoms with van der Waals surface area (Å²) in [4.78, 5) is 26.5. The van der Waals surface area contributed by atoms with Crippen LogP contribution >= 0.6 is 11.6 Å². The predicted molar refractivity (Wildman–Crippen MR) is 130 cm³/mol. The molecular weight excluding hydrogens is 469 g/mol. The van der Waals surface area contributed by atoms with Gasteiger partial charge in [-0.25, -0.2) is 14.4 Å². The molecule has 10 heteroatoms. The maximum Gasteiger partial charge on any atom is 0.256 e. The van der Waals surface area contributed by atoms with Crippen molar-refractivity contribution in [2.45, 2.75) is 38.8 Å². The number of nitrogens with two attached hydrogens (primary N) is 1. The Morgan fingerprint density at radius 3 is 2.63 bits per heavy atom. The van der Waals surface area contributed by atoms with Crippen LogP contribution in [0.2, 0.25) is 5.02 Å². The van der Waals surface area contributed by atoms with Gasteiger partial charge in [0.1, 0.15) is 11.6 Å². The highest BCUT2D eigenvalue weighted by molar-refractivity contribution is 6.31. The number of aromatic nitrogens is 5. The molecule has 0 radical (unpaired) electrons. The summed E-state index contributed by atoms with van der Waals surface area (Å²) in [6.45, 7) is 3.82. The van der Waals surface area contributed by atoms with Gasteiger partial charge in [0.15, 0.2) is 0 Å². The van der Waals surface area contributed by atoms with Gasteiger partial charge in [-0.05, 0) is 61.9 Å². The second-order valence-corrected chi connectivity index (χ2v) is 9.84. The third-order valence-corrected chi connectivity index (χ3v) is 7.71. The molecule has 2 atom stereocenters. The Bertz CT molecular complexity index is 1470. The van der Waals surface area contributed by atoms with E-state index >= 15 is 4.39 Å². The first-order valence-corrected chi connectivity index (χ1v) is 11.9. The van der Waals surface area contributed by atoms with Crippen LogP contribution < -0.4 is 5.73 Å². The van der Waals surface area contributed by atoms with E-state index in [4.69, 9.17) is 17.3 Å². The predicted octanol–water partition coefficient (Wildman–Crippen LogP) is 4.51. The van der Waals surface area contributed by atoms with E-state index in [9.17, 15) is 4.79 Å². The lowest BCUT2D eigenvalue weighted by Gasteiger charge is -2.57. The van der Waals surface area contributed by atoms with E-state index < -0.39 is 11.9 Å². The molecule has 7 rings (SSSR count). The Morgan fingerprint density at radius 1 is 1.14 bits per heavy atom. The van der Waals surface area contributed by atoms with Crippen LogP contribution in [0.4, 0.5) is 10.2 Å². The fourth-order valence-electron chi connectivity index (χ4n) is 5.55. The molecule has 2 aromatic carbocycles. The van der Waals surface area contributed by atoms with Crippen LogP contribution in [0, 0.1) is 24.6 Å². The number of anilines is 1. The van der Waals surface area contributed by atoms with Crippen molar-refractivity contribution in [2.24, 2.45) is 11.8 Å². The first kappa shape index (κ1) is 21.9. The highest BCUT2D eigenvalue weighted by Gasteiger charge is 2.52. The molecule has 8 nitrogen and oxygen atoms in total. The van der Waals surface area contributed by atoms with Crippen molar-refractivity contribution in [2.75, 3.05) is 5.73 Å². The molecule has 2 aliphatic heterocycles. The van der Waals surface area contributed by atoms with Crippen LogP contribution in [0.5, 0.6) is 0 Å². The van der Waals surface area contributed by atoms with E-state index in [2.05, 4.69) is 27.1 Å². The molecule has 3 fully saturated rings. The summed E-state index contributed by atoms with van der Waals surface area (Å²) in [5.74, 6) is 0.0773. The van der Waals surface area contributed by atoms with Crippen molar-refractivity contribution >= 4 is 34.4 Å². The summed E-state index contributed by atoms with van der Waals surface area (Å²) >= 11 is 6.31. The van der Waals surface area contributed by atoms with Crippen molar-refractivity contribution in [3.63, 3.8) is 0 Å². The first-order chi connectivity index (χ1) is 16.8. The molecule has 2 bridgehead atoms. The van der Waals surface area contributed by atoms with E-state index in [1.54, 1.807) is 43.6 Å². The van der Waals surface area contributed by atoms with Crippen molar-refractivity contribution in [1.82, 2.24) is 29.9 Å². The highest BCUT2D eigenvalue weighted by Crippen LogP contribution is 2.54. The van der Waals surface area contributed by atoms with Gasteiger partial charge in [-0.1, -0.05) is 18.5 Å². The zero-order valence-corrected chi connectivity index (χ0v) is 19.9. The minimum atomic E-state index is -0.515. The first-order valence-electron chi connectivity index (χ1n) is 11.5. The Morgan fingerprint density at radius 2 is 1.89 bits per heavy atom. The number of piperidine rings is 2. The molecule has 4 heterocycles. The summed E-state index contributed by atoms with van der Waals surface area (Å²) in [7, 11) is 0. The molecule has 1 amide bonds. The topological polar surface area (TPSA) is 103 Å². The van der Waals surface area contributed by atoms with Gasteiger partial charge in [0, 0.05) is 16.6 Å². The standard InChI is InChI=1S/C25H23ClFN7O/c1-12-14-9-16(10-14)33(25(35)17-11-15(26)3-6-20(17)34-29-7-8-30-34)23(12)21-18(27)4-5-19-22(21)31-13(2)24(28)32-19/h3-8,11-12,14,16,23H,9-10H2,1-2H3,(H2,28,32)/t12-,14?,16?,23-/m1/s1. The van der Waals surface area contributed by atoms with Crippen LogP contribution in [0.25, 0.3) is 16.7 Å². The summed E-state index contributed by atoms with van der Waals surface area (Å²) in [6, 6.07) is 7.48. The van der Waals surface area contributed by atoms with Crippen LogP contribution in [0.1, 0.15) is 47.4 Å². The molecule has 2 aromatic heterocycles. The largest absolute Gasteiger partial charge is 0.382 e. The molecule has 35 heavy (non-hydrogen) atoms. The number of amides is 1. The van der Waals surface area contributed by atoms with Crippen molar-refractivity contribution in [3.8, 4) is 5.69 Å². The zero-order valence-electron chi connectivity index (χ0n) is 19.2. The average molecular weight is 492 g/mol. The van der Waals surface area contributed by atoms with Gasteiger partial charge in [0.25, 0.3) is 5.91 Å². The van der Waals surface area contributed by atoms with Gasteiger partial charge in [-0.15, -0.1) is 0 Å². The summed E-state index contributed by atoms with van der Waals surface area (Å²) < 4.78 is 15.6. The van der Waals surface area contributed by atoms with Gasteiger partial charge in [0.05, 0.1) is 46.4 Å². The molecule has 0 unspecified atom stereocenters. The second kappa shape index (κ2) is 7.98.